The molecule has 0 heterocycles. The molecule has 1 aliphatic rings. The van der Waals surface area contributed by atoms with E-state index in [9.17, 15) is 4.79 Å². The van der Waals surface area contributed by atoms with Gasteiger partial charge in [0.05, 0.1) is 7.11 Å². The highest BCUT2D eigenvalue weighted by atomic mass is 16.5. The molecular weight excluding hydrogens is 202 g/mol. The molecule has 0 N–H and O–H groups in total. The second-order valence-electron chi connectivity index (χ2n) is 4.95. The molecule has 1 saturated carbocycles. The summed E-state index contributed by atoms with van der Waals surface area (Å²) in [5.74, 6) is 0.794. The highest BCUT2D eigenvalue weighted by molar-refractivity contribution is 5.69. The van der Waals surface area contributed by atoms with E-state index < -0.39 is 0 Å². The Morgan fingerprint density at radius 2 is 2.00 bits per heavy atom. The average molecular weight is 227 g/mol. The van der Waals surface area contributed by atoms with E-state index in [1.165, 1.54) is 45.8 Å². The SMILES string of the molecule is COC(=O)CCCN(C)CC1CCCCC1. The van der Waals surface area contributed by atoms with Gasteiger partial charge in [0.15, 0.2) is 0 Å². The zero-order valence-corrected chi connectivity index (χ0v) is 10.7. The number of rotatable bonds is 6. The maximum absolute atomic E-state index is 10.9. The van der Waals surface area contributed by atoms with Crippen LogP contribution < -0.4 is 0 Å². The van der Waals surface area contributed by atoms with Crippen LogP contribution in [0.4, 0.5) is 0 Å². The quantitative estimate of drug-likeness (QED) is 0.653. The van der Waals surface area contributed by atoms with E-state index in [1.54, 1.807) is 0 Å². The Kier molecular flexibility index (Phi) is 6.46. The second kappa shape index (κ2) is 7.66. The standard InChI is InChI=1S/C13H25NO2/c1-14(10-6-9-13(15)16-2)11-12-7-4-3-5-8-12/h12H,3-11H2,1-2H3. The fraction of sp³-hybridized carbons (Fsp3) is 0.923. The monoisotopic (exact) mass is 227 g/mol. The van der Waals surface area contributed by atoms with E-state index in [2.05, 4.69) is 16.7 Å². The summed E-state index contributed by atoms with van der Waals surface area (Å²) in [4.78, 5) is 13.3. The van der Waals surface area contributed by atoms with Crippen molar-refractivity contribution in [3.63, 3.8) is 0 Å². The summed E-state index contributed by atoms with van der Waals surface area (Å²) in [5, 5.41) is 0. The number of carbonyl (C=O) groups is 1. The molecule has 16 heavy (non-hydrogen) atoms. The largest absolute Gasteiger partial charge is 0.469 e. The van der Waals surface area contributed by atoms with Crippen molar-refractivity contribution in [2.75, 3.05) is 27.2 Å². The van der Waals surface area contributed by atoms with Crippen molar-refractivity contribution in [3.05, 3.63) is 0 Å². The molecule has 0 aliphatic heterocycles. The lowest BCUT2D eigenvalue weighted by molar-refractivity contribution is -0.140. The van der Waals surface area contributed by atoms with Gasteiger partial charge in [0, 0.05) is 13.0 Å². The Morgan fingerprint density at radius 1 is 1.31 bits per heavy atom. The van der Waals surface area contributed by atoms with Gasteiger partial charge in [0.2, 0.25) is 0 Å². The first kappa shape index (κ1) is 13.5. The van der Waals surface area contributed by atoms with E-state index in [-0.39, 0.29) is 5.97 Å². The molecule has 0 unspecified atom stereocenters. The van der Waals surface area contributed by atoms with Gasteiger partial charge >= 0.3 is 5.97 Å². The van der Waals surface area contributed by atoms with Crippen LogP contribution >= 0.6 is 0 Å². The normalized spacial score (nSPS) is 17.7. The number of esters is 1. The molecule has 3 heteroatoms. The first-order chi connectivity index (χ1) is 7.72. The van der Waals surface area contributed by atoms with E-state index in [4.69, 9.17) is 0 Å². The van der Waals surface area contributed by atoms with Gasteiger partial charge in [-0.25, -0.2) is 0 Å². The zero-order valence-electron chi connectivity index (χ0n) is 10.7. The van der Waals surface area contributed by atoms with Crippen LogP contribution in [0.25, 0.3) is 0 Å². The number of ether oxygens (including phenoxy) is 1. The lowest BCUT2D eigenvalue weighted by Gasteiger charge is -2.26. The van der Waals surface area contributed by atoms with E-state index >= 15 is 0 Å². The number of nitrogens with zero attached hydrogens (tertiary/aromatic N) is 1. The molecule has 1 fully saturated rings. The summed E-state index contributed by atoms with van der Waals surface area (Å²) in [7, 11) is 3.61. The third kappa shape index (κ3) is 5.50. The maximum Gasteiger partial charge on any atom is 0.305 e. The van der Waals surface area contributed by atoms with Crippen molar-refractivity contribution in [3.8, 4) is 0 Å². The van der Waals surface area contributed by atoms with Crippen molar-refractivity contribution >= 4 is 5.97 Å². The molecule has 1 rings (SSSR count). The third-order valence-electron chi connectivity index (χ3n) is 3.44. The molecule has 0 atom stereocenters. The molecule has 0 saturated heterocycles. The molecular formula is C13H25NO2. The summed E-state index contributed by atoms with van der Waals surface area (Å²) in [5.41, 5.74) is 0. The Morgan fingerprint density at radius 3 is 2.62 bits per heavy atom. The minimum atomic E-state index is -0.0916. The molecule has 0 amide bonds. The van der Waals surface area contributed by atoms with Gasteiger partial charge in [0.25, 0.3) is 0 Å². The Balaban J connectivity index is 2.05. The van der Waals surface area contributed by atoms with E-state index in [0.717, 1.165) is 18.9 Å². The van der Waals surface area contributed by atoms with E-state index in [0.29, 0.717) is 6.42 Å². The minimum absolute atomic E-state index is 0.0916. The molecule has 0 aromatic heterocycles. The fourth-order valence-corrected chi connectivity index (χ4v) is 2.50. The van der Waals surface area contributed by atoms with Crippen LogP contribution in [0.3, 0.4) is 0 Å². The third-order valence-corrected chi connectivity index (χ3v) is 3.44. The summed E-state index contributed by atoms with van der Waals surface area (Å²) in [6.45, 7) is 2.20. The smallest absolute Gasteiger partial charge is 0.305 e. The second-order valence-corrected chi connectivity index (χ2v) is 4.95. The Bertz CT molecular complexity index is 200. The number of methoxy groups -OCH3 is 1. The maximum atomic E-state index is 10.9. The van der Waals surface area contributed by atoms with Gasteiger partial charge in [0.1, 0.15) is 0 Å². The molecule has 0 aromatic carbocycles. The van der Waals surface area contributed by atoms with Gasteiger partial charge in [-0.3, -0.25) is 4.79 Å². The first-order valence-electron chi connectivity index (χ1n) is 6.47. The molecule has 0 bridgehead atoms. The molecule has 1 aliphatic carbocycles. The van der Waals surface area contributed by atoms with Gasteiger partial charge in [-0.1, -0.05) is 19.3 Å². The predicted octanol–water partition coefficient (Wildman–Crippen LogP) is 2.45. The topological polar surface area (TPSA) is 29.5 Å². The van der Waals surface area contributed by atoms with Crippen LogP contribution in [0.2, 0.25) is 0 Å². The number of hydrogen-bond acceptors (Lipinski definition) is 3. The van der Waals surface area contributed by atoms with Crippen molar-refractivity contribution in [2.24, 2.45) is 5.92 Å². The van der Waals surface area contributed by atoms with Crippen LogP contribution in [0.1, 0.15) is 44.9 Å². The molecule has 0 radical (unpaired) electrons. The van der Waals surface area contributed by atoms with E-state index in [1.807, 2.05) is 0 Å². The van der Waals surface area contributed by atoms with Crippen molar-refractivity contribution in [1.29, 1.82) is 0 Å². The van der Waals surface area contributed by atoms with Crippen LogP contribution in [-0.2, 0) is 9.53 Å². The fourth-order valence-electron chi connectivity index (χ4n) is 2.50. The van der Waals surface area contributed by atoms with Crippen LogP contribution in [-0.4, -0.2) is 38.1 Å². The number of carbonyl (C=O) groups excluding carboxylic acids is 1. The Labute approximate surface area is 99.1 Å². The molecule has 0 spiro atoms. The van der Waals surface area contributed by atoms with Crippen LogP contribution in [0.15, 0.2) is 0 Å². The van der Waals surface area contributed by atoms with Crippen molar-refractivity contribution < 1.29 is 9.53 Å². The van der Waals surface area contributed by atoms with Gasteiger partial charge in [-0.2, -0.15) is 0 Å². The van der Waals surface area contributed by atoms with Crippen LogP contribution in [0.5, 0.6) is 0 Å². The summed E-state index contributed by atoms with van der Waals surface area (Å²) >= 11 is 0. The highest BCUT2D eigenvalue weighted by Gasteiger charge is 2.15. The highest BCUT2D eigenvalue weighted by Crippen LogP contribution is 2.24. The molecule has 94 valence electrons. The summed E-state index contributed by atoms with van der Waals surface area (Å²) < 4.78 is 4.62. The average Bonchev–Trinajstić information content (AvgIpc) is 2.30. The van der Waals surface area contributed by atoms with Crippen molar-refractivity contribution in [2.45, 2.75) is 44.9 Å². The Hall–Kier alpha value is -0.570. The van der Waals surface area contributed by atoms with Crippen molar-refractivity contribution in [1.82, 2.24) is 4.90 Å². The predicted molar refractivity (Wildman–Crippen MR) is 65.3 cm³/mol. The molecule has 3 nitrogen and oxygen atoms in total. The zero-order chi connectivity index (χ0) is 11.8. The number of hydrogen-bond donors (Lipinski definition) is 0. The minimum Gasteiger partial charge on any atom is -0.469 e. The van der Waals surface area contributed by atoms with Gasteiger partial charge < -0.3 is 9.64 Å². The first-order valence-corrected chi connectivity index (χ1v) is 6.47. The summed E-state index contributed by atoms with van der Waals surface area (Å²) in [6.07, 6.45) is 8.47. The molecule has 0 aromatic rings. The van der Waals surface area contributed by atoms with Gasteiger partial charge in [-0.15, -0.1) is 0 Å². The lowest BCUT2D eigenvalue weighted by atomic mass is 9.89. The van der Waals surface area contributed by atoms with Gasteiger partial charge in [-0.05, 0) is 38.8 Å². The van der Waals surface area contributed by atoms with Crippen LogP contribution in [0, 0.1) is 5.92 Å². The summed E-state index contributed by atoms with van der Waals surface area (Å²) in [6, 6.07) is 0. The lowest BCUT2D eigenvalue weighted by Crippen LogP contribution is -2.28.